The lowest BCUT2D eigenvalue weighted by Crippen LogP contribution is -1.86. The second-order valence-electron chi connectivity index (χ2n) is 3.98. The summed E-state index contributed by atoms with van der Waals surface area (Å²) < 4.78 is 5.88. The Morgan fingerprint density at radius 3 is 2.95 bits per heavy atom. The van der Waals surface area contributed by atoms with Crippen LogP contribution in [-0.2, 0) is 0 Å². The standard InChI is InChI=1S/C14H11ClN2OS/c1-19-13-6-5-12(11-8-16-17-14(11)13)18-10-4-2-3-9(15)7-10/h2-8H,1H3,(H,16,17). The number of nitrogens with one attached hydrogen (secondary N) is 1. The molecule has 0 saturated carbocycles. The van der Waals surface area contributed by atoms with Crippen LogP contribution in [0.15, 0.2) is 47.5 Å². The van der Waals surface area contributed by atoms with Crippen molar-refractivity contribution in [2.24, 2.45) is 0 Å². The minimum absolute atomic E-state index is 0.654. The zero-order valence-electron chi connectivity index (χ0n) is 10.2. The minimum Gasteiger partial charge on any atom is -0.457 e. The number of thioether (sulfide) groups is 1. The fourth-order valence-corrected chi connectivity index (χ4v) is 2.65. The van der Waals surface area contributed by atoms with Gasteiger partial charge in [-0.3, -0.25) is 5.10 Å². The summed E-state index contributed by atoms with van der Waals surface area (Å²) in [6, 6.07) is 11.3. The van der Waals surface area contributed by atoms with Crippen molar-refractivity contribution in [3.05, 3.63) is 47.6 Å². The molecule has 0 spiro atoms. The van der Waals surface area contributed by atoms with Gasteiger partial charge in [0.25, 0.3) is 0 Å². The maximum Gasteiger partial charge on any atom is 0.138 e. The first-order valence-corrected chi connectivity index (χ1v) is 7.31. The van der Waals surface area contributed by atoms with Crippen molar-refractivity contribution in [2.75, 3.05) is 6.26 Å². The number of halogens is 1. The molecule has 0 atom stereocenters. The first-order chi connectivity index (χ1) is 9.28. The van der Waals surface area contributed by atoms with Crippen molar-refractivity contribution in [3.63, 3.8) is 0 Å². The van der Waals surface area contributed by atoms with E-state index in [1.54, 1.807) is 24.0 Å². The third-order valence-electron chi connectivity index (χ3n) is 2.78. The SMILES string of the molecule is CSc1ccc(Oc2cccc(Cl)c2)c2cn[nH]c12. The molecule has 0 aliphatic rings. The second kappa shape index (κ2) is 5.15. The lowest BCUT2D eigenvalue weighted by molar-refractivity contribution is 0.488. The molecule has 0 aliphatic heterocycles. The van der Waals surface area contributed by atoms with E-state index in [0.717, 1.165) is 21.5 Å². The Morgan fingerprint density at radius 1 is 1.26 bits per heavy atom. The van der Waals surface area contributed by atoms with Crippen LogP contribution in [0.1, 0.15) is 0 Å². The number of benzene rings is 2. The molecule has 0 fully saturated rings. The van der Waals surface area contributed by atoms with Gasteiger partial charge in [-0.2, -0.15) is 5.10 Å². The van der Waals surface area contributed by atoms with Gasteiger partial charge in [0.1, 0.15) is 11.5 Å². The highest BCUT2D eigenvalue weighted by atomic mass is 35.5. The van der Waals surface area contributed by atoms with Crippen LogP contribution in [0.5, 0.6) is 11.5 Å². The molecular weight excluding hydrogens is 280 g/mol. The molecule has 1 heterocycles. The van der Waals surface area contributed by atoms with Gasteiger partial charge >= 0.3 is 0 Å². The summed E-state index contributed by atoms with van der Waals surface area (Å²) in [7, 11) is 0. The topological polar surface area (TPSA) is 37.9 Å². The zero-order chi connectivity index (χ0) is 13.2. The molecule has 0 bridgehead atoms. The van der Waals surface area contributed by atoms with Gasteiger partial charge in [0.05, 0.1) is 17.1 Å². The highest BCUT2D eigenvalue weighted by Crippen LogP contribution is 2.34. The lowest BCUT2D eigenvalue weighted by Gasteiger charge is -2.08. The average Bonchev–Trinajstić information content (AvgIpc) is 2.89. The lowest BCUT2D eigenvalue weighted by atomic mass is 10.2. The summed E-state index contributed by atoms with van der Waals surface area (Å²) in [5.74, 6) is 1.48. The predicted molar refractivity (Wildman–Crippen MR) is 79.4 cm³/mol. The number of rotatable bonds is 3. The molecule has 0 unspecified atom stereocenters. The predicted octanol–water partition coefficient (Wildman–Crippen LogP) is 4.73. The largest absolute Gasteiger partial charge is 0.457 e. The van der Waals surface area contributed by atoms with Crippen molar-refractivity contribution in [3.8, 4) is 11.5 Å². The van der Waals surface area contributed by atoms with E-state index in [2.05, 4.69) is 10.2 Å². The number of hydrogen-bond acceptors (Lipinski definition) is 3. The highest BCUT2D eigenvalue weighted by molar-refractivity contribution is 7.98. The summed E-state index contributed by atoms with van der Waals surface area (Å²) >= 11 is 7.63. The van der Waals surface area contributed by atoms with Gasteiger partial charge < -0.3 is 4.74 Å². The smallest absolute Gasteiger partial charge is 0.138 e. The fraction of sp³-hybridized carbons (Fsp3) is 0.0714. The van der Waals surface area contributed by atoms with Crippen LogP contribution < -0.4 is 4.74 Å². The summed E-state index contributed by atoms with van der Waals surface area (Å²) in [5.41, 5.74) is 0.993. The number of nitrogens with zero attached hydrogens (tertiary/aromatic N) is 1. The van der Waals surface area contributed by atoms with Crippen molar-refractivity contribution in [1.82, 2.24) is 10.2 Å². The summed E-state index contributed by atoms with van der Waals surface area (Å²) in [5, 5.41) is 8.70. The van der Waals surface area contributed by atoms with Crippen LogP contribution in [0.3, 0.4) is 0 Å². The fourth-order valence-electron chi connectivity index (χ4n) is 1.90. The van der Waals surface area contributed by atoms with E-state index in [9.17, 15) is 0 Å². The van der Waals surface area contributed by atoms with Gasteiger partial charge in [-0.1, -0.05) is 17.7 Å². The van der Waals surface area contributed by atoms with E-state index >= 15 is 0 Å². The average molecular weight is 291 g/mol. The maximum absolute atomic E-state index is 5.95. The molecule has 0 aliphatic carbocycles. The van der Waals surface area contributed by atoms with Gasteiger partial charge in [-0.15, -0.1) is 11.8 Å². The molecule has 5 heteroatoms. The Bertz CT molecular complexity index is 726. The molecule has 2 aromatic carbocycles. The normalized spacial score (nSPS) is 10.8. The quantitative estimate of drug-likeness (QED) is 0.709. The molecule has 0 saturated heterocycles. The molecule has 3 nitrogen and oxygen atoms in total. The molecule has 19 heavy (non-hydrogen) atoms. The number of aromatic nitrogens is 2. The van der Waals surface area contributed by atoms with Crippen molar-refractivity contribution in [1.29, 1.82) is 0 Å². The third kappa shape index (κ3) is 2.41. The van der Waals surface area contributed by atoms with Gasteiger partial charge in [-0.25, -0.2) is 0 Å². The Hall–Kier alpha value is -1.65. The third-order valence-corrected chi connectivity index (χ3v) is 3.80. The van der Waals surface area contributed by atoms with Crippen LogP contribution in [0.4, 0.5) is 0 Å². The van der Waals surface area contributed by atoms with Crippen LogP contribution in [0.2, 0.25) is 5.02 Å². The van der Waals surface area contributed by atoms with Gasteiger partial charge in [0, 0.05) is 9.92 Å². The minimum atomic E-state index is 0.654. The molecule has 1 aromatic heterocycles. The van der Waals surface area contributed by atoms with E-state index in [1.807, 2.05) is 36.6 Å². The first-order valence-electron chi connectivity index (χ1n) is 5.71. The van der Waals surface area contributed by atoms with Crippen LogP contribution >= 0.6 is 23.4 Å². The molecule has 1 N–H and O–H groups in total. The number of H-pyrrole nitrogens is 1. The molecule has 3 aromatic rings. The monoisotopic (exact) mass is 290 g/mol. The molecule has 0 radical (unpaired) electrons. The Labute approximate surface area is 119 Å². The molecule has 0 amide bonds. The Balaban J connectivity index is 2.04. The van der Waals surface area contributed by atoms with E-state index in [1.165, 1.54) is 0 Å². The molecular formula is C14H11ClN2OS. The van der Waals surface area contributed by atoms with Crippen molar-refractivity contribution >= 4 is 34.3 Å². The van der Waals surface area contributed by atoms with E-state index in [0.29, 0.717) is 10.8 Å². The molecule has 96 valence electrons. The van der Waals surface area contributed by atoms with E-state index in [4.69, 9.17) is 16.3 Å². The van der Waals surface area contributed by atoms with Gasteiger partial charge in [0.2, 0.25) is 0 Å². The second-order valence-corrected chi connectivity index (χ2v) is 5.27. The number of hydrogen-bond donors (Lipinski definition) is 1. The van der Waals surface area contributed by atoms with Gasteiger partial charge in [-0.05, 0) is 36.6 Å². The van der Waals surface area contributed by atoms with Crippen molar-refractivity contribution in [2.45, 2.75) is 4.90 Å². The Morgan fingerprint density at radius 2 is 2.16 bits per heavy atom. The maximum atomic E-state index is 5.95. The number of ether oxygens (including phenoxy) is 1. The summed E-state index contributed by atoms with van der Waals surface area (Å²) in [6.45, 7) is 0. The van der Waals surface area contributed by atoms with E-state index < -0.39 is 0 Å². The highest BCUT2D eigenvalue weighted by Gasteiger charge is 2.09. The number of aromatic amines is 1. The molecule has 3 rings (SSSR count). The summed E-state index contributed by atoms with van der Waals surface area (Å²) in [6.07, 6.45) is 3.81. The van der Waals surface area contributed by atoms with Gasteiger partial charge in [0.15, 0.2) is 0 Å². The van der Waals surface area contributed by atoms with Crippen LogP contribution in [0.25, 0.3) is 10.9 Å². The summed E-state index contributed by atoms with van der Waals surface area (Å²) in [4.78, 5) is 1.14. The first kappa shape index (κ1) is 12.4. The van der Waals surface area contributed by atoms with Crippen LogP contribution in [0, 0.1) is 0 Å². The zero-order valence-corrected chi connectivity index (χ0v) is 11.8. The Kier molecular flexibility index (Phi) is 3.36. The van der Waals surface area contributed by atoms with Crippen LogP contribution in [-0.4, -0.2) is 16.5 Å². The van der Waals surface area contributed by atoms with Crippen molar-refractivity contribution < 1.29 is 4.74 Å². The number of fused-ring (bicyclic) bond motifs is 1. The van der Waals surface area contributed by atoms with E-state index in [-0.39, 0.29) is 0 Å².